The zero-order chi connectivity index (χ0) is 14.3. The maximum Gasteiger partial charge on any atom is 0.410 e. The molecule has 1 saturated carbocycles. The molecule has 1 atom stereocenters. The quantitative estimate of drug-likeness (QED) is 0.836. The molecule has 1 N–H and O–H groups in total. The molecule has 1 heterocycles. The highest BCUT2D eigenvalue weighted by atomic mass is 16.6. The molecule has 2 rings (SSSR count). The Balaban J connectivity index is 1.80. The van der Waals surface area contributed by atoms with Crippen molar-refractivity contribution < 1.29 is 19.4 Å². The molecule has 5 heteroatoms. The predicted octanol–water partition coefficient (Wildman–Crippen LogP) is 2.50. The van der Waals surface area contributed by atoms with Crippen LogP contribution in [0.1, 0.15) is 46.5 Å². The minimum Gasteiger partial charge on any atom is -0.481 e. The molecule has 19 heavy (non-hydrogen) atoms. The van der Waals surface area contributed by atoms with Crippen molar-refractivity contribution in [1.82, 2.24) is 4.90 Å². The number of rotatable bonds is 2. The van der Waals surface area contributed by atoms with Gasteiger partial charge in [-0.25, -0.2) is 4.79 Å². The zero-order valence-electron chi connectivity index (χ0n) is 11.9. The topological polar surface area (TPSA) is 66.8 Å². The maximum atomic E-state index is 11.8. The van der Waals surface area contributed by atoms with Crippen LogP contribution in [0.4, 0.5) is 4.79 Å². The van der Waals surface area contributed by atoms with Gasteiger partial charge in [-0.3, -0.25) is 4.79 Å². The minimum absolute atomic E-state index is 0.164. The third kappa shape index (κ3) is 3.39. The fourth-order valence-corrected chi connectivity index (χ4v) is 3.25. The number of amides is 1. The van der Waals surface area contributed by atoms with Gasteiger partial charge in [-0.2, -0.15) is 0 Å². The Labute approximate surface area is 113 Å². The van der Waals surface area contributed by atoms with Crippen LogP contribution in [0.15, 0.2) is 0 Å². The molecular formula is C14H23NO4. The van der Waals surface area contributed by atoms with Crippen molar-refractivity contribution in [1.29, 1.82) is 0 Å². The van der Waals surface area contributed by atoms with Crippen LogP contribution in [-0.2, 0) is 9.53 Å². The van der Waals surface area contributed by atoms with E-state index >= 15 is 0 Å². The lowest BCUT2D eigenvalue weighted by Gasteiger charge is -2.48. The average Bonchev–Trinajstić information content (AvgIpc) is 2.55. The third-order valence-corrected chi connectivity index (χ3v) is 3.97. The number of carboxylic acids is 1. The summed E-state index contributed by atoms with van der Waals surface area (Å²) in [4.78, 5) is 24.3. The molecule has 2 aliphatic rings. The van der Waals surface area contributed by atoms with Crippen LogP contribution in [0.25, 0.3) is 0 Å². The van der Waals surface area contributed by atoms with Crippen LogP contribution in [0.2, 0.25) is 0 Å². The number of carbonyl (C=O) groups is 2. The van der Waals surface area contributed by atoms with Gasteiger partial charge in [0, 0.05) is 24.9 Å². The van der Waals surface area contributed by atoms with Gasteiger partial charge in [0.25, 0.3) is 0 Å². The van der Waals surface area contributed by atoms with Crippen molar-refractivity contribution in [2.24, 2.45) is 11.3 Å². The second-order valence-corrected chi connectivity index (χ2v) is 7.04. The van der Waals surface area contributed by atoms with E-state index in [2.05, 4.69) is 0 Å². The second kappa shape index (κ2) is 4.69. The minimum atomic E-state index is -0.717. The van der Waals surface area contributed by atoms with Gasteiger partial charge in [-0.15, -0.1) is 0 Å². The Bertz CT molecular complexity index is 379. The molecule has 0 bridgehead atoms. The molecule has 1 spiro atoms. The van der Waals surface area contributed by atoms with E-state index in [1.165, 1.54) is 0 Å². The number of hydrogen-bond donors (Lipinski definition) is 1. The van der Waals surface area contributed by atoms with Gasteiger partial charge in [0.2, 0.25) is 0 Å². The Kier molecular flexibility index (Phi) is 3.49. The second-order valence-electron chi connectivity index (χ2n) is 7.04. The number of aliphatic carboxylic acids is 1. The molecule has 0 aromatic rings. The standard InChI is InChI=1S/C14H23NO4/c1-13(2,3)19-12(18)15-8-14(9-15)5-4-10(7-14)6-11(16)17/h10H,4-9H2,1-3H3,(H,16,17). The molecule has 0 aromatic heterocycles. The van der Waals surface area contributed by atoms with Crippen LogP contribution >= 0.6 is 0 Å². The van der Waals surface area contributed by atoms with Crippen LogP contribution in [0.3, 0.4) is 0 Å². The van der Waals surface area contributed by atoms with Gasteiger partial charge in [0.1, 0.15) is 5.60 Å². The van der Waals surface area contributed by atoms with Gasteiger partial charge < -0.3 is 14.7 Å². The monoisotopic (exact) mass is 269 g/mol. The summed E-state index contributed by atoms with van der Waals surface area (Å²) in [6.45, 7) is 7.02. The number of hydrogen-bond acceptors (Lipinski definition) is 3. The summed E-state index contributed by atoms with van der Waals surface area (Å²) in [6, 6.07) is 0. The van der Waals surface area contributed by atoms with Crippen molar-refractivity contribution >= 4 is 12.1 Å². The maximum absolute atomic E-state index is 11.8. The number of likely N-dealkylation sites (tertiary alicyclic amines) is 1. The Morgan fingerprint density at radius 3 is 2.53 bits per heavy atom. The first-order chi connectivity index (χ1) is 8.69. The summed E-state index contributed by atoms with van der Waals surface area (Å²) in [5, 5.41) is 8.82. The average molecular weight is 269 g/mol. The summed E-state index contributed by atoms with van der Waals surface area (Å²) in [6.07, 6.45) is 2.94. The summed E-state index contributed by atoms with van der Waals surface area (Å²) < 4.78 is 5.33. The summed E-state index contributed by atoms with van der Waals surface area (Å²) in [5.41, 5.74) is -0.293. The van der Waals surface area contributed by atoms with E-state index in [1.807, 2.05) is 20.8 Å². The van der Waals surface area contributed by atoms with E-state index in [4.69, 9.17) is 9.84 Å². The lowest BCUT2D eigenvalue weighted by Crippen LogP contribution is -2.58. The van der Waals surface area contributed by atoms with Crippen LogP contribution in [-0.4, -0.2) is 40.8 Å². The van der Waals surface area contributed by atoms with E-state index < -0.39 is 11.6 Å². The smallest absolute Gasteiger partial charge is 0.410 e. The molecule has 1 unspecified atom stereocenters. The normalized spacial score (nSPS) is 25.2. The van der Waals surface area contributed by atoms with E-state index in [0.29, 0.717) is 0 Å². The SMILES string of the molecule is CC(C)(C)OC(=O)N1CC2(CCC(CC(=O)O)C2)C1. The van der Waals surface area contributed by atoms with E-state index in [-0.39, 0.29) is 23.8 Å². The molecule has 1 saturated heterocycles. The van der Waals surface area contributed by atoms with Gasteiger partial charge in [0.05, 0.1) is 0 Å². The lowest BCUT2D eigenvalue weighted by atomic mass is 9.77. The van der Waals surface area contributed by atoms with Crippen LogP contribution in [0.5, 0.6) is 0 Å². The highest BCUT2D eigenvalue weighted by Crippen LogP contribution is 2.49. The molecule has 108 valence electrons. The number of ether oxygens (including phenoxy) is 1. The molecule has 1 aliphatic carbocycles. The molecule has 5 nitrogen and oxygen atoms in total. The van der Waals surface area contributed by atoms with E-state index in [1.54, 1.807) is 4.90 Å². The molecule has 0 radical (unpaired) electrons. The summed E-state index contributed by atoms with van der Waals surface area (Å²) in [5.74, 6) is -0.441. The van der Waals surface area contributed by atoms with Crippen molar-refractivity contribution in [2.45, 2.75) is 52.1 Å². The first kappa shape index (κ1) is 14.2. The van der Waals surface area contributed by atoms with Gasteiger partial charge in [-0.05, 0) is 46.0 Å². The van der Waals surface area contributed by atoms with Crippen molar-refractivity contribution in [3.05, 3.63) is 0 Å². The highest BCUT2D eigenvalue weighted by molar-refractivity contribution is 5.69. The molecule has 2 fully saturated rings. The molecular weight excluding hydrogens is 246 g/mol. The summed E-state index contributed by atoms with van der Waals surface area (Å²) in [7, 11) is 0. The predicted molar refractivity (Wildman–Crippen MR) is 69.8 cm³/mol. The lowest BCUT2D eigenvalue weighted by molar-refractivity contribution is -0.138. The van der Waals surface area contributed by atoms with E-state index in [9.17, 15) is 9.59 Å². The first-order valence-electron chi connectivity index (χ1n) is 6.89. The molecule has 1 amide bonds. The van der Waals surface area contributed by atoms with Gasteiger partial charge in [0.15, 0.2) is 0 Å². The van der Waals surface area contributed by atoms with Gasteiger partial charge in [-0.1, -0.05) is 0 Å². The largest absolute Gasteiger partial charge is 0.481 e. The number of carbonyl (C=O) groups excluding carboxylic acids is 1. The Morgan fingerprint density at radius 1 is 1.37 bits per heavy atom. The van der Waals surface area contributed by atoms with Crippen LogP contribution < -0.4 is 0 Å². The van der Waals surface area contributed by atoms with E-state index in [0.717, 1.165) is 32.4 Å². The Hall–Kier alpha value is -1.26. The van der Waals surface area contributed by atoms with Crippen molar-refractivity contribution in [2.75, 3.05) is 13.1 Å². The Morgan fingerprint density at radius 2 is 2.00 bits per heavy atom. The van der Waals surface area contributed by atoms with Crippen molar-refractivity contribution in [3.63, 3.8) is 0 Å². The first-order valence-corrected chi connectivity index (χ1v) is 6.89. The van der Waals surface area contributed by atoms with Crippen molar-refractivity contribution in [3.8, 4) is 0 Å². The fraction of sp³-hybridized carbons (Fsp3) is 0.857. The van der Waals surface area contributed by atoms with Crippen LogP contribution in [0, 0.1) is 11.3 Å². The third-order valence-electron chi connectivity index (χ3n) is 3.97. The molecule has 1 aliphatic heterocycles. The number of carboxylic acid groups (broad SMARTS) is 1. The highest BCUT2D eigenvalue weighted by Gasteiger charge is 2.50. The summed E-state index contributed by atoms with van der Waals surface area (Å²) >= 11 is 0. The molecule has 0 aromatic carbocycles. The number of nitrogens with zero attached hydrogens (tertiary/aromatic N) is 1. The van der Waals surface area contributed by atoms with Gasteiger partial charge >= 0.3 is 12.1 Å². The zero-order valence-corrected chi connectivity index (χ0v) is 11.9. The fourth-order valence-electron chi connectivity index (χ4n) is 3.25.